The second-order valence-corrected chi connectivity index (χ2v) is 3.21. The first-order chi connectivity index (χ1) is 5.86. The highest BCUT2D eigenvalue weighted by Gasteiger charge is 2.16. The van der Waals surface area contributed by atoms with Crippen molar-refractivity contribution in [2.24, 2.45) is 0 Å². The van der Waals surface area contributed by atoms with E-state index in [4.69, 9.17) is 5.73 Å². The SMILES string of the molecule is Nc1nc([C@@H]2CCCCN2)c[nH]1. The number of nitrogen functional groups attached to an aromatic ring is 1. The summed E-state index contributed by atoms with van der Waals surface area (Å²) in [7, 11) is 0. The average Bonchev–Trinajstić information content (AvgIpc) is 2.54. The van der Waals surface area contributed by atoms with E-state index in [1.807, 2.05) is 6.20 Å². The Bertz CT molecular complexity index is 249. The van der Waals surface area contributed by atoms with Crippen LogP contribution in [0, 0.1) is 0 Å². The molecule has 1 aromatic heterocycles. The van der Waals surface area contributed by atoms with Crippen molar-refractivity contribution >= 4 is 5.95 Å². The topological polar surface area (TPSA) is 66.7 Å². The number of H-pyrrole nitrogens is 1. The second-order valence-electron chi connectivity index (χ2n) is 3.21. The van der Waals surface area contributed by atoms with Crippen molar-refractivity contribution in [3.63, 3.8) is 0 Å². The van der Waals surface area contributed by atoms with Gasteiger partial charge in [-0.15, -0.1) is 0 Å². The van der Waals surface area contributed by atoms with Gasteiger partial charge in [0.25, 0.3) is 0 Å². The maximum atomic E-state index is 5.49. The number of rotatable bonds is 1. The summed E-state index contributed by atoms with van der Waals surface area (Å²) in [6.45, 7) is 1.09. The van der Waals surface area contributed by atoms with Crippen LogP contribution in [0.1, 0.15) is 31.0 Å². The number of hydrogen-bond acceptors (Lipinski definition) is 3. The molecule has 0 unspecified atom stereocenters. The number of aromatic nitrogens is 2. The molecule has 2 rings (SSSR count). The highest BCUT2D eigenvalue weighted by Crippen LogP contribution is 2.21. The molecule has 0 bridgehead atoms. The standard InChI is InChI=1S/C8H14N4/c9-8-11-5-7(12-8)6-3-1-2-4-10-6/h5-6,10H,1-4H2,(H3,9,11,12)/t6-/m0/s1. The number of piperidine rings is 1. The minimum atomic E-state index is 0.410. The Hall–Kier alpha value is -1.03. The van der Waals surface area contributed by atoms with E-state index in [2.05, 4.69) is 15.3 Å². The normalized spacial score (nSPS) is 24.2. The summed E-state index contributed by atoms with van der Waals surface area (Å²) in [6.07, 6.45) is 5.61. The van der Waals surface area contributed by atoms with E-state index in [0.717, 1.165) is 12.2 Å². The van der Waals surface area contributed by atoms with Crippen LogP contribution in [0.4, 0.5) is 5.95 Å². The molecule has 4 nitrogen and oxygen atoms in total. The smallest absolute Gasteiger partial charge is 0.197 e. The van der Waals surface area contributed by atoms with Crippen LogP contribution in [0.15, 0.2) is 6.20 Å². The van der Waals surface area contributed by atoms with E-state index < -0.39 is 0 Å². The lowest BCUT2D eigenvalue weighted by Crippen LogP contribution is -2.26. The fourth-order valence-electron chi connectivity index (χ4n) is 1.63. The zero-order chi connectivity index (χ0) is 8.39. The molecule has 0 amide bonds. The molecule has 1 fully saturated rings. The van der Waals surface area contributed by atoms with Gasteiger partial charge in [0.05, 0.1) is 11.7 Å². The van der Waals surface area contributed by atoms with Crippen LogP contribution in [0.5, 0.6) is 0 Å². The van der Waals surface area contributed by atoms with Gasteiger partial charge >= 0.3 is 0 Å². The Morgan fingerprint density at radius 3 is 3.00 bits per heavy atom. The maximum Gasteiger partial charge on any atom is 0.197 e. The predicted octanol–water partition coefficient (Wildman–Crippen LogP) is 0.806. The summed E-state index contributed by atoms with van der Waals surface area (Å²) < 4.78 is 0. The van der Waals surface area contributed by atoms with Crippen LogP contribution in [-0.4, -0.2) is 16.5 Å². The highest BCUT2D eigenvalue weighted by atomic mass is 15.1. The minimum absolute atomic E-state index is 0.410. The molecule has 66 valence electrons. The van der Waals surface area contributed by atoms with Crippen LogP contribution in [0.3, 0.4) is 0 Å². The van der Waals surface area contributed by atoms with Crippen molar-refractivity contribution < 1.29 is 0 Å². The highest BCUT2D eigenvalue weighted by molar-refractivity contribution is 5.20. The van der Waals surface area contributed by atoms with Crippen LogP contribution in [0.25, 0.3) is 0 Å². The third kappa shape index (κ3) is 1.43. The molecule has 2 heterocycles. The Morgan fingerprint density at radius 1 is 1.50 bits per heavy atom. The zero-order valence-corrected chi connectivity index (χ0v) is 7.01. The summed E-state index contributed by atoms with van der Waals surface area (Å²) in [5.41, 5.74) is 6.54. The molecule has 0 aliphatic carbocycles. The molecule has 4 heteroatoms. The molecule has 1 aromatic rings. The second kappa shape index (κ2) is 3.15. The monoisotopic (exact) mass is 166 g/mol. The zero-order valence-electron chi connectivity index (χ0n) is 7.01. The molecule has 4 N–H and O–H groups in total. The molecule has 1 aliphatic heterocycles. The Morgan fingerprint density at radius 2 is 2.42 bits per heavy atom. The van der Waals surface area contributed by atoms with E-state index in [1.165, 1.54) is 19.3 Å². The molecular formula is C8H14N4. The lowest BCUT2D eigenvalue weighted by molar-refractivity contribution is 0.406. The van der Waals surface area contributed by atoms with Gasteiger partial charge in [0.1, 0.15) is 0 Å². The molecule has 0 radical (unpaired) electrons. The number of nitrogens with zero attached hydrogens (tertiary/aromatic N) is 1. The number of nitrogens with one attached hydrogen (secondary N) is 2. The summed E-state index contributed by atoms with van der Waals surface area (Å²) in [6, 6.07) is 0.410. The first kappa shape index (κ1) is 7.61. The van der Waals surface area contributed by atoms with Gasteiger partial charge in [-0.25, -0.2) is 4.98 Å². The fourth-order valence-corrected chi connectivity index (χ4v) is 1.63. The van der Waals surface area contributed by atoms with Gasteiger partial charge in [0, 0.05) is 6.20 Å². The van der Waals surface area contributed by atoms with Crippen LogP contribution < -0.4 is 11.1 Å². The van der Waals surface area contributed by atoms with Crippen LogP contribution in [0.2, 0.25) is 0 Å². The van der Waals surface area contributed by atoms with Crippen molar-refractivity contribution in [3.8, 4) is 0 Å². The number of aromatic amines is 1. The first-order valence-electron chi connectivity index (χ1n) is 4.40. The summed E-state index contributed by atoms with van der Waals surface area (Å²) in [5.74, 6) is 0.511. The Kier molecular flexibility index (Phi) is 1.99. The van der Waals surface area contributed by atoms with E-state index in [-0.39, 0.29) is 0 Å². The molecule has 12 heavy (non-hydrogen) atoms. The van der Waals surface area contributed by atoms with Gasteiger partial charge < -0.3 is 16.0 Å². The van der Waals surface area contributed by atoms with Gasteiger partial charge in [0.15, 0.2) is 5.95 Å². The summed E-state index contributed by atoms with van der Waals surface area (Å²) in [4.78, 5) is 7.09. The Labute approximate surface area is 71.6 Å². The van der Waals surface area contributed by atoms with Crippen molar-refractivity contribution in [3.05, 3.63) is 11.9 Å². The largest absolute Gasteiger partial charge is 0.369 e. The minimum Gasteiger partial charge on any atom is -0.369 e. The lowest BCUT2D eigenvalue weighted by atomic mass is 10.0. The molecule has 0 aromatic carbocycles. The fraction of sp³-hybridized carbons (Fsp3) is 0.625. The van der Waals surface area contributed by atoms with Gasteiger partial charge in [-0.2, -0.15) is 0 Å². The average molecular weight is 166 g/mol. The number of anilines is 1. The maximum absolute atomic E-state index is 5.49. The van der Waals surface area contributed by atoms with Crippen LogP contribution in [-0.2, 0) is 0 Å². The molecular weight excluding hydrogens is 152 g/mol. The first-order valence-corrected chi connectivity index (χ1v) is 4.40. The van der Waals surface area contributed by atoms with Gasteiger partial charge in [-0.05, 0) is 19.4 Å². The summed E-state index contributed by atoms with van der Waals surface area (Å²) in [5, 5.41) is 3.41. The van der Waals surface area contributed by atoms with Gasteiger partial charge in [-0.1, -0.05) is 6.42 Å². The number of hydrogen-bond donors (Lipinski definition) is 3. The molecule has 0 saturated carbocycles. The van der Waals surface area contributed by atoms with Crippen molar-refractivity contribution in [1.29, 1.82) is 0 Å². The molecule has 1 aliphatic rings. The van der Waals surface area contributed by atoms with E-state index in [0.29, 0.717) is 12.0 Å². The van der Waals surface area contributed by atoms with E-state index >= 15 is 0 Å². The van der Waals surface area contributed by atoms with Crippen molar-refractivity contribution in [1.82, 2.24) is 15.3 Å². The van der Waals surface area contributed by atoms with Crippen molar-refractivity contribution in [2.75, 3.05) is 12.3 Å². The van der Waals surface area contributed by atoms with Crippen LogP contribution >= 0.6 is 0 Å². The Balaban J connectivity index is 2.08. The van der Waals surface area contributed by atoms with E-state index in [1.54, 1.807) is 0 Å². The van der Waals surface area contributed by atoms with Crippen molar-refractivity contribution in [2.45, 2.75) is 25.3 Å². The number of nitrogens with two attached hydrogens (primary N) is 1. The van der Waals surface area contributed by atoms with E-state index in [9.17, 15) is 0 Å². The predicted molar refractivity (Wildman–Crippen MR) is 47.6 cm³/mol. The molecule has 1 saturated heterocycles. The third-order valence-electron chi connectivity index (χ3n) is 2.28. The van der Waals surface area contributed by atoms with Gasteiger partial charge in [-0.3, -0.25) is 0 Å². The quantitative estimate of drug-likeness (QED) is 0.578. The summed E-state index contributed by atoms with van der Waals surface area (Å²) >= 11 is 0. The number of imidazole rings is 1. The lowest BCUT2D eigenvalue weighted by Gasteiger charge is -2.21. The molecule has 1 atom stereocenters. The molecule has 0 spiro atoms. The van der Waals surface area contributed by atoms with Gasteiger partial charge in [0.2, 0.25) is 0 Å². The third-order valence-corrected chi connectivity index (χ3v) is 2.28.